The summed E-state index contributed by atoms with van der Waals surface area (Å²) in [7, 11) is 0. The van der Waals surface area contributed by atoms with Crippen molar-refractivity contribution in [2.75, 3.05) is 31.2 Å². The van der Waals surface area contributed by atoms with Gasteiger partial charge in [0.2, 0.25) is 0 Å². The molecule has 0 aromatic heterocycles. The van der Waals surface area contributed by atoms with E-state index >= 15 is 0 Å². The van der Waals surface area contributed by atoms with E-state index in [1.54, 1.807) is 4.90 Å². The summed E-state index contributed by atoms with van der Waals surface area (Å²) >= 11 is 0. The zero-order valence-corrected chi connectivity index (χ0v) is 11.2. The van der Waals surface area contributed by atoms with Crippen LogP contribution in [0.2, 0.25) is 0 Å². The summed E-state index contributed by atoms with van der Waals surface area (Å²) in [6.45, 7) is 4.08. The van der Waals surface area contributed by atoms with Crippen LogP contribution < -0.4 is 10.6 Å². The van der Waals surface area contributed by atoms with Gasteiger partial charge in [-0.15, -0.1) is 0 Å². The van der Waals surface area contributed by atoms with Gasteiger partial charge in [-0.1, -0.05) is 0 Å². The van der Waals surface area contributed by atoms with Crippen molar-refractivity contribution < 1.29 is 13.5 Å². The minimum absolute atomic E-state index is 0.0546. The van der Waals surface area contributed by atoms with Crippen LogP contribution in [0.25, 0.3) is 0 Å². The van der Waals surface area contributed by atoms with E-state index in [1.807, 2.05) is 6.92 Å². The van der Waals surface area contributed by atoms with E-state index < -0.39 is 11.6 Å². The van der Waals surface area contributed by atoms with Gasteiger partial charge in [0.05, 0.1) is 6.61 Å². The molecule has 0 aliphatic carbocycles. The fraction of sp³-hybridized carbons (Fsp3) is 0.571. The molecule has 1 heterocycles. The molecule has 1 aromatic rings. The maximum atomic E-state index is 14.1. The number of halogens is 2. The van der Waals surface area contributed by atoms with Crippen molar-refractivity contribution >= 4 is 5.69 Å². The molecule has 0 saturated carbocycles. The van der Waals surface area contributed by atoms with Crippen LogP contribution in [-0.2, 0) is 11.2 Å². The van der Waals surface area contributed by atoms with Crippen molar-refractivity contribution in [3.8, 4) is 0 Å². The number of hydrogen-bond donors (Lipinski definition) is 1. The van der Waals surface area contributed by atoms with Crippen LogP contribution in [0.3, 0.4) is 0 Å². The highest BCUT2D eigenvalue weighted by molar-refractivity contribution is 5.51. The van der Waals surface area contributed by atoms with Gasteiger partial charge in [0.1, 0.15) is 17.3 Å². The Morgan fingerprint density at radius 2 is 1.95 bits per heavy atom. The molecule has 1 saturated heterocycles. The van der Waals surface area contributed by atoms with E-state index in [0.29, 0.717) is 38.3 Å². The van der Waals surface area contributed by atoms with Gasteiger partial charge < -0.3 is 15.4 Å². The zero-order chi connectivity index (χ0) is 13.8. The maximum Gasteiger partial charge on any atom is 0.149 e. The lowest BCUT2D eigenvalue weighted by molar-refractivity contribution is 0.152. The molecule has 1 fully saturated rings. The Bertz CT molecular complexity index is 406. The summed E-state index contributed by atoms with van der Waals surface area (Å²) in [4.78, 5) is 1.72. The summed E-state index contributed by atoms with van der Waals surface area (Å²) in [5.74, 6) is -1.03. The first kappa shape index (κ1) is 14.2. The Morgan fingerprint density at radius 3 is 2.58 bits per heavy atom. The van der Waals surface area contributed by atoms with Crippen molar-refractivity contribution in [3.63, 3.8) is 0 Å². The Kier molecular flexibility index (Phi) is 4.71. The molecular formula is C14H20F2N2O. The van der Waals surface area contributed by atoms with Gasteiger partial charge in [-0.3, -0.25) is 0 Å². The van der Waals surface area contributed by atoms with Gasteiger partial charge in [-0.05, 0) is 37.5 Å². The second-order valence-corrected chi connectivity index (χ2v) is 5.04. The molecular weight excluding hydrogens is 250 g/mol. The van der Waals surface area contributed by atoms with Gasteiger partial charge in [0.25, 0.3) is 0 Å². The first-order chi connectivity index (χ1) is 9.08. The fourth-order valence-electron chi connectivity index (χ4n) is 2.38. The lowest BCUT2D eigenvalue weighted by Crippen LogP contribution is -2.28. The van der Waals surface area contributed by atoms with Crippen molar-refractivity contribution in [1.29, 1.82) is 0 Å². The molecule has 0 amide bonds. The number of nitrogens with zero attached hydrogens (tertiary/aromatic N) is 1. The van der Waals surface area contributed by atoms with Crippen molar-refractivity contribution in [2.24, 2.45) is 5.73 Å². The Labute approximate surface area is 112 Å². The quantitative estimate of drug-likeness (QED) is 0.914. The van der Waals surface area contributed by atoms with Crippen LogP contribution in [0.1, 0.15) is 18.9 Å². The van der Waals surface area contributed by atoms with Gasteiger partial charge in [-0.2, -0.15) is 0 Å². The minimum atomic E-state index is -0.516. The molecule has 1 atom stereocenters. The largest absolute Gasteiger partial charge is 0.380 e. The number of benzene rings is 1. The van der Waals surface area contributed by atoms with Crippen molar-refractivity contribution in [3.05, 3.63) is 29.3 Å². The monoisotopic (exact) mass is 270 g/mol. The SMILES string of the molecule is CC(N)Cc1cc(F)c(N2CCCOCC2)c(F)c1. The molecule has 1 unspecified atom stereocenters. The molecule has 2 rings (SSSR count). The molecule has 1 aliphatic heterocycles. The molecule has 0 spiro atoms. The van der Waals surface area contributed by atoms with Gasteiger partial charge in [-0.25, -0.2) is 8.78 Å². The van der Waals surface area contributed by atoms with Crippen LogP contribution in [0.15, 0.2) is 12.1 Å². The Balaban J connectivity index is 2.24. The number of anilines is 1. The third kappa shape index (κ3) is 3.64. The molecule has 0 bridgehead atoms. The van der Waals surface area contributed by atoms with E-state index in [1.165, 1.54) is 12.1 Å². The maximum absolute atomic E-state index is 14.1. The van der Waals surface area contributed by atoms with Crippen molar-refractivity contribution in [2.45, 2.75) is 25.8 Å². The fourth-order valence-corrected chi connectivity index (χ4v) is 2.38. The highest BCUT2D eigenvalue weighted by Crippen LogP contribution is 2.26. The van der Waals surface area contributed by atoms with Crippen LogP contribution >= 0.6 is 0 Å². The molecule has 1 aliphatic rings. The predicted octanol–water partition coefficient (Wildman–Crippen LogP) is 2.08. The standard InChI is InChI=1S/C14H20F2N2O/c1-10(17)7-11-8-12(15)14(13(16)9-11)18-3-2-5-19-6-4-18/h8-10H,2-7,17H2,1H3. The number of ether oxygens (including phenoxy) is 1. The van der Waals surface area contributed by atoms with Crippen molar-refractivity contribution in [1.82, 2.24) is 0 Å². The minimum Gasteiger partial charge on any atom is -0.380 e. The number of nitrogens with two attached hydrogens (primary N) is 1. The summed E-state index contributed by atoms with van der Waals surface area (Å²) in [6, 6.07) is 2.65. The van der Waals surface area contributed by atoms with Gasteiger partial charge in [0.15, 0.2) is 0 Å². The molecule has 19 heavy (non-hydrogen) atoms. The first-order valence-electron chi connectivity index (χ1n) is 6.64. The zero-order valence-electron chi connectivity index (χ0n) is 11.2. The third-order valence-electron chi connectivity index (χ3n) is 3.17. The van der Waals surface area contributed by atoms with E-state index in [2.05, 4.69) is 0 Å². The lowest BCUT2D eigenvalue weighted by Gasteiger charge is -2.23. The second-order valence-electron chi connectivity index (χ2n) is 5.04. The van der Waals surface area contributed by atoms with E-state index in [0.717, 1.165) is 6.42 Å². The normalized spacial score (nSPS) is 18.2. The van der Waals surface area contributed by atoms with Crippen LogP contribution in [0.4, 0.5) is 14.5 Å². The highest BCUT2D eigenvalue weighted by atomic mass is 19.1. The predicted molar refractivity (Wildman–Crippen MR) is 71.4 cm³/mol. The average molecular weight is 270 g/mol. The topological polar surface area (TPSA) is 38.5 Å². The lowest BCUT2D eigenvalue weighted by atomic mass is 10.1. The van der Waals surface area contributed by atoms with E-state index in [-0.39, 0.29) is 11.7 Å². The van der Waals surface area contributed by atoms with Crippen LogP contribution in [-0.4, -0.2) is 32.3 Å². The van der Waals surface area contributed by atoms with Gasteiger partial charge in [0, 0.05) is 25.7 Å². The first-order valence-corrected chi connectivity index (χ1v) is 6.64. The van der Waals surface area contributed by atoms with E-state index in [9.17, 15) is 8.78 Å². The molecule has 5 heteroatoms. The smallest absolute Gasteiger partial charge is 0.149 e. The molecule has 3 nitrogen and oxygen atoms in total. The van der Waals surface area contributed by atoms with Crippen LogP contribution in [0, 0.1) is 11.6 Å². The Morgan fingerprint density at radius 1 is 1.26 bits per heavy atom. The Hall–Kier alpha value is -1.20. The molecule has 106 valence electrons. The summed E-state index contributed by atoms with van der Waals surface area (Å²) in [6.07, 6.45) is 1.25. The number of hydrogen-bond acceptors (Lipinski definition) is 3. The van der Waals surface area contributed by atoms with Crippen LogP contribution in [0.5, 0.6) is 0 Å². The molecule has 1 aromatic carbocycles. The highest BCUT2D eigenvalue weighted by Gasteiger charge is 2.19. The molecule has 0 radical (unpaired) electrons. The van der Waals surface area contributed by atoms with Gasteiger partial charge >= 0.3 is 0 Å². The molecule has 2 N–H and O–H groups in total. The summed E-state index contributed by atoms with van der Waals surface area (Å²) < 4.78 is 33.5. The summed E-state index contributed by atoms with van der Waals surface area (Å²) in [5.41, 5.74) is 6.31. The second kappa shape index (κ2) is 6.30. The number of rotatable bonds is 3. The third-order valence-corrected chi connectivity index (χ3v) is 3.17. The van der Waals surface area contributed by atoms with E-state index in [4.69, 9.17) is 10.5 Å². The summed E-state index contributed by atoms with van der Waals surface area (Å²) in [5, 5.41) is 0. The average Bonchev–Trinajstić information content (AvgIpc) is 2.56.